The van der Waals surface area contributed by atoms with E-state index in [2.05, 4.69) is 5.32 Å². The Morgan fingerprint density at radius 3 is 2.12 bits per heavy atom. The molecule has 0 aliphatic rings. The third-order valence-electron chi connectivity index (χ3n) is 4.79. The van der Waals surface area contributed by atoms with Crippen LogP contribution in [0.25, 0.3) is 0 Å². The van der Waals surface area contributed by atoms with Gasteiger partial charge in [0.25, 0.3) is 0 Å². The zero-order valence-corrected chi connectivity index (χ0v) is 21.0. The Hall–Kier alpha value is -2.36. The lowest BCUT2D eigenvalue weighted by Crippen LogP contribution is -2.52. The lowest BCUT2D eigenvalue weighted by atomic mass is 10.1. The van der Waals surface area contributed by atoms with Gasteiger partial charge in [0.15, 0.2) is 0 Å². The first-order valence-electron chi connectivity index (χ1n) is 10.1. The summed E-state index contributed by atoms with van der Waals surface area (Å²) in [4.78, 5) is 27.2. The summed E-state index contributed by atoms with van der Waals surface area (Å²) in [5.41, 5.74) is 0.124. The van der Waals surface area contributed by atoms with Crippen molar-refractivity contribution in [2.24, 2.45) is 0 Å². The van der Waals surface area contributed by atoms with Crippen molar-refractivity contribution in [2.45, 2.75) is 39.4 Å². The number of amides is 2. The largest absolute Gasteiger partial charge is 0.352 e. The van der Waals surface area contributed by atoms with Gasteiger partial charge in [0, 0.05) is 28.2 Å². The van der Waals surface area contributed by atoms with Crippen LogP contribution in [0.15, 0.2) is 42.5 Å². The molecule has 0 radical (unpaired) electrons. The van der Waals surface area contributed by atoms with Crippen LogP contribution in [0.5, 0.6) is 0 Å². The van der Waals surface area contributed by atoms with Crippen LogP contribution < -0.4 is 9.62 Å². The predicted octanol–water partition coefficient (Wildman–Crippen LogP) is 3.84. The molecule has 0 aromatic heterocycles. The monoisotopic (exact) mass is 517 g/mol. The Balaban J connectivity index is 2.47. The molecule has 7 nitrogen and oxygen atoms in total. The molecule has 0 spiro atoms. The van der Waals surface area contributed by atoms with E-state index in [1.54, 1.807) is 32.0 Å². The molecule has 0 aliphatic heterocycles. The molecule has 33 heavy (non-hydrogen) atoms. The summed E-state index contributed by atoms with van der Waals surface area (Å²) in [6.45, 7) is 4.17. The fourth-order valence-corrected chi connectivity index (χ4v) is 4.46. The molecule has 2 amide bonds. The molecule has 2 aromatic carbocycles. The molecule has 1 N–H and O–H groups in total. The number of carbonyl (C=O) groups excluding carboxylic acids is 2. The van der Waals surface area contributed by atoms with E-state index in [0.29, 0.717) is 9.87 Å². The molecule has 11 heteroatoms. The van der Waals surface area contributed by atoms with Gasteiger partial charge >= 0.3 is 0 Å². The molecule has 0 saturated heterocycles. The van der Waals surface area contributed by atoms with Crippen LogP contribution in [0.4, 0.5) is 10.1 Å². The number of hydrogen-bond acceptors (Lipinski definition) is 4. The summed E-state index contributed by atoms with van der Waals surface area (Å²) in [5, 5.41) is 3.29. The maximum absolute atomic E-state index is 14.4. The van der Waals surface area contributed by atoms with Crippen molar-refractivity contribution in [3.05, 3.63) is 63.9 Å². The Morgan fingerprint density at radius 2 is 1.61 bits per heavy atom. The van der Waals surface area contributed by atoms with E-state index in [1.165, 1.54) is 30.0 Å². The van der Waals surface area contributed by atoms with Crippen molar-refractivity contribution < 1.29 is 22.4 Å². The van der Waals surface area contributed by atoms with Gasteiger partial charge in [-0.05, 0) is 45.0 Å². The minimum absolute atomic E-state index is 0.154. The molecule has 0 unspecified atom stereocenters. The van der Waals surface area contributed by atoms with Crippen LogP contribution in [0.2, 0.25) is 10.0 Å². The van der Waals surface area contributed by atoms with E-state index in [4.69, 9.17) is 23.2 Å². The fourth-order valence-electron chi connectivity index (χ4n) is 3.09. The SMILES string of the molecule is CC(C)NC(=O)[C@@H](C)N(Cc1c(Cl)cccc1Cl)C(=O)CN(c1ccccc1F)S(C)(=O)=O. The summed E-state index contributed by atoms with van der Waals surface area (Å²) >= 11 is 12.5. The zero-order chi connectivity index (χ0) is 24.9. The number of carbonyl (C=O) groups is 2. The van der Waals surface area contributed by atoms with Crippen LogP contribution >= 0.6 is 23.2 Å². The molecule has 0 aliphatic carbocycles. The quantitative estimate of drug-likeness (QED) is 0.547. The number of nitrogens with one attached hydrogen (secondary N) is 1. The number of benzene rings is 2. The Kier molecular flexibility index (Phi) is 9.11. The molecule has 2 aromatic rings. The van der Waals surface area contributed by atoms with E-state index in [-0.39, 0.29) is 28.3 Å². The molecule has 0 saturated carbocycles. The second-order valence-corrected chi connectivity index (χ2v) is 10.5. The maximum Gasteiger partial charge on any atom is 0.244 e. The molecule has 1 atom stereocenters. The molecule has 180 valence electrons. The predicted molar refractivity (Wildman–Crippen MR) is 128 cm³/mol. The van der Waals surface area contributed by atoms with Crippen molar-refractivity contribution in [1.82, 2.24) is 10.2 Å². The minimum atomic E-state index is -4.03. The van der Waals surface area contributed by atoms with Crippen molar-refractivity contribution >= 4 is 50.7 Å². The van der Waals surface area contributed by atoms with Crippen LogP contribution in [0.3, 0.4) is 0 Å². The average molecular weight is 518 g/mol. The van der Waals surface area contributed by atoms with Gasteiger partial charge in [-0.15, -0.1) is 0 Å². The average Bonchev–Trinajstić information content (AvgIpc) is 2.70. The highest BCUT2D eigenvalue weighted by molar-refractivity contribution is 7.92. The van der Waals surface area contributed by atoms with Gasteiger partial charge in [-0.1, -0.05) is 41.4 Å². The van der Waals surface area contributed by atoms with E-state index in [1.807, 2.05) is 0 Å². The summed E-state index contributed by atoms with van der Waals surface area (Å²) in [5.74, 6) is -1.98. The van der Waals surface area contributed by atoms with E-state index >= 15 is 0 Å². The summed E-state index contributed by atoms with van der Waals surface area (Å²) in [7, 11) is -4.03. The van der Waals surface area contributed by atoms with Gasteiger partial charge < -0.3 is 10.2 Å². The first kappa shape index (κ1) is 26.9. The number of rotatable bonds is 9. The summed E-state index contributed by atoms with van der Waals surface area (Å²) in [6.07, 6.45) is 0.872. The lowest BCUT2D eigenvalue weighted by molar-refractivity contribution is -0.139. The first-order valence-corrected chi connectivity index (χ1v) is 12.7. The number of nitrogens with zero attached hydrogens (tertiary/aromatic N) is 2. The first-order chi connectivity index (χ1) is 15.3. The molecule has 0 fully saturated rings. The van der Waals surface area contributed by atoms with E-state index < -0.39 is 40.2 Å². The second-order valence-electron chi connectivity index (χ2n) is 7.78. The Bertz CT molecular complexity index is 1110. The molecule has 0 heterocycles. The van der Waals surface area contributed by atoms with Crippen LogP contribution in [-0.4, -0.2) is 50.0 Å². The van der Waals surface area contributed by atoms with Crippen LogP contribution in [-0.2, 0) is 26.2 Å². The highest BCUT2D eigenvalue weighted by atomic mass is 35.5. The van der Waals surface area contributed by atoms with Gasteiger partial charge in [-0.2, -0.15) is 0 Å². The fraction of sp³-hybridized carbons (Fsp3) is 0.364. The normalized spacial score (nSPS) is 12.4. The third kappa shape index (κ3) is 7.06. The van der Waals surface area contributed by atoms with Gasteiger partial charge in [-0.3, -0.25) is 13.9 Å². The van der Waals surface area contributed by atoms with E-state index in [0.717, 1.165) is 12.3 Å². The number of hydrogen-bond donors (Lipinski definition) is 1. The standard InChI is InChI=1S/C22H26Cl2FN3O4S/c1-14(2)26-22(30)15(3)27(12-16-17(23)8-7-9-18(16)24)21(29)13-28(33(4,31)32)20-11-6-5-10-19(20)25/h5-11,14-15H,12-13H2,1-4H3,(H,26,30)/t15-/m1/s1. The molecular formula is C22H26Cl2FN3O4S. The van der Waals surface area contributed by atoms with Crippen LogP contribution in [0, 0.1) is 5.82 Å². The van der Waals surface area contributed by atoms with Gasteiger partial charge in [0.05, 0.1) is 11.9 Å². The maximum atomic E-state index is 14.4. The number of para-hydroxylation sites is 1. The molecule has 2 rings (SSSR count). The minimum Gasteiger partial charge on any atom is -0.352 e. The zero-order valence-electron chi connectivity index (χ0n) is 18.7. The summed E-state index contributed by atoms with van der Waals surface area (Å²) in [6, 6.07) is 8.86. The lowest BCUT2D eigenvalue weighted by Gasteiger charge is -2.32. The Morgan fingerprint density at radius 1 is 1.03 bits per heavy atom. The smallest absolute Gasteiger partial charge is 0.244 e. The highest BCUT2D eigenvalue weighted by Gasteiger charge is 2.31. The van der Waals surface area contributed by atoms with Crippen LogP contribution in [0.1, 0.15) is 26.3 Å². The van der Waals surface area contributed by atoms with Gasteiger partial charge in [-0.25, -0.2) is 12.8 Å². The van der Waals surface area contributed by atoms with E-state index in [9.17, 15) is 22.4 Å². The topological polar surface area (TPSA) is 86.8 Å². The van der Waals surface area contributed by atoms with Gasteiger partial charge in [0.2, 0.25) is 21.8 Å². The molecule has 0 bridgehead atoms. The number of sulfonamides is 1. The Labute approximate surface area is 203 Å². The number of anilines is 1. The highest BCUT2D eigenvalue weighted by Crippen LogP contribution is 2.27. The van der Waals surface area contributed by atoms with Crippen molar-refractivity contribution in [3.8, 4) is 0 Å². The van der Waals surface area contributed by atoms with Crippen molar-refractivity contribution in [2.75, 3.05) is 17.1 Å². The van der Waals surface area contributed by atoms with Crippen molar-refractivity contribution in [3.63, 3.8) is 0 Å². The number of halogens is 3. The van der Waals surface area contributed by atoms with Crippen molar-refractivity contribution in [1.29, 1.82) is 0 Å². The van der Waals surface area contributed by atoms with Gasteiger partial charge in [0.1, 0.15) is 18.4 Å². The molecular weight excluding hydrogens is 492 g/mol. The second kappa shape index (κ2) is 11.2. The third-order valence-corrected chi connectivity index (χ3v) is 6.62. The summed E-state index contributed by atoms with van der Waals surface area (Å²) < 4.78 is 39.9.